The summed E-state index contributed by atoms with van der Waals surface area (Å²) in [5.41, 5.74) is 21.2. The minimum absolute atomic E-state index is 0.824. The molecule has 84 heavy (non-hydrogen) atoms. The van der Waals surface area contributed by atoms with Crippen LogP contribution in [0.4, 0.5) is 0 Å². The highest BCUT2D eigenvalue weighted by atomic mass is 28.6. The zero-order chi connectivity index (χ0) is 56.7. The quantitative estimate of drug-likeness (QED) is 0.0859. The van der Waals surface area contributed by atoms with Gasteiger partial charge in [-0.3, -0.25) is 0 Å². The molecule has 14 rings (SSSR count). The fourth-order valence-electron chi connectivity index (χ4n) is 9.80. The molecule has 6 aliphatic heterocycles. The van der Waals surface area contributed by atoms with Gasteiger partial charge in [-0.25, -0.2) is 0 Å². The lowest BCUT2D eigenvalue weighted by atomic mass is 10.2. The molecule has 0 saturated carbocycles. The molecule has 8 bridgehead atoms. The molecule has 0 aliphatic carbocycles. The third-order valence-corrected chi connectivity index (χ3v) is 45.6. The first-order valence-electron chi connectivity index (χ1n) is 27.5. The standard InChI is InChI=1S/C64H56O12Si8/c1-9-25-57(26-10-1)41-49-77-65-78(50-42-58-27-11-2-12-28-58)68-81(53-45-61-33-17-5-18-34-61)70-79(66-77,51-43-59-29-13-3-14-30-59)72-83(55-47-63-37-21-7-22-38-63)73-80(67-77,52-44-60-31-15-4-16-32-60)71-82(69-78,54-46-62-35-19-6-20-36-62)75-84(74-81,76-83)56-48-64-39-23-8-24-40-64/h1-56H/b49-41+,50-42+,51-43+,52-44+,53-45+,54-46+,55-47+,56-48+. The first-order valence-corrected chi connectivity index (χ1v) is 41.9. The van der Waals surface area contributed by atoms with Crippen LogP contribution in [0.25, 0.3) is 48.6 Å². The molecule has 416 valence electrons. The molecule has 0 spiro atoms. The van der Waals surface area contributed by atoms with Crippen molar-refractivity contribution in [2.24, 2.45) is 0 Å². The van der Waals surface area contributed by atoms with E-state index in [2.05, 4.69) is 0 Å². The van der Waals surface area contributed by atoms with Crippen LogP contribution in [-0.2, 0) is 49.4 Å². The van der Waals surface area contributed by atoms with E-state index in [1.807, 2.05) is 337 Å². The van der Waals surface area contributed by atoms with Gasteiger partial charge in [0.25, 0.3) is 0 Å². The number of hydrogen-bond donors (Lipinski definition) is 0. The first-order chi connectivity index (χ1) is 41.1. The van der Waals surface area contributed by atoms with Gasteiger partial charge in [-0.2, -0.15) is 0 Å². The number of benzene rings is 8. The molecule has 8 aromatic rings. The second kappa shape index (κ2) is 24.1. The smallest absolute Gasteiger partial charge is 0.367 e. The van der Waals surface area contributed by atoms with E-state index in [1.165, 1.54) is 0 Å². The Labute approximate surface area is 497 Å². The molecular weight excluding hydrogens is 1190 g/mol. The number of rotatable bonds is 16. The van der Waals surface area contributed by atoms with Crippen molar-refractivity contribution in [3.05, 3.63) is 333 Å². The van der Waals surface area contributed by atoms with Gasteiger partial charge in [0.1, 0.15) is 0 Å². The second-order valence-electron chi connectivity index (χ2n) is 20.0. The van der Waals surface area contributed by atoms with Gasteiger partial charge >= 0.3 is 70.4 Å². The highest BCUT2D eigenvalue weighted by Crippen LogP contribution is 2.51. The lowest BCUT2D eigenvalue weighted by Crippen LogP contribution is -2.87. The topological polar surface area (TPSA) is 111 Å². The Hall–Kier alpha value is -7.06. The van der Waals surface area contributed by atoms with Crippen molar-refractivity contribution in [2.45, 2.75) is 0 Å². The predicted molar refractivity (Wildman–Crippen MR) is 343 cm³/mol. The van der Waals surface area contributed by atoms with E-state index >= 15 is 0 Å². The average molecular weight is 1240 g/mol. The largest absolute Gasteiger partial charge is 0.508 e. The molecule has 0 radical (unpaired) electrons. The summed E-state index contributed by atoms with van der Waals surface area (Å²) in [5.74, 6) is 0. The molecule has 0 aromatic heterocycles. The molecular formula is C64H56O12Si8. The maximum atomic E-state index is 8.00. The summed E-state index contributed by atoms with van der Waals surface area (Å²) in [6, 6.07) is 78.7. The fraction of sp³-hybridized carbons (Fsp3) is 0. The Balaban J connectivity index is 1.17. The Kier molecular flexibility index (Phi) is 16.1. The van der Waals surface area contributed by atoms with Crippen molar-refractivity contribution < 1.29 is 49.4 Å². The summed E-state index contributed by atoms with van der Waals surface area (Å²) in [4.78, 5) is 0. The van der Waals surface area contributed by atoms with Gasteiger partial charge in [-0.15, -0.1) is 0 Å². The van der Waals surface area contributed by atoms with Crippen molar-refractivity contribution >= 4 is 119 Å². The van der Waals surface area contributed by atoms with Gasteiger partial charge in [0.05, 0.1) is 0 Å². The lowest BCUT2D eigenvalue weighted by molar-refractivity contribution is -0.00557. The lowest BCUT2D eigenvalue weighted by Gasteiger charge is -2.60. The maximum absolute atomic E-state index is 8.00. The van der Waals surface area contributed by atoms with Gasteiger partial charge < -0.3 is 49.4 Å². The van der Waals surface area contributed by atoms with Gasteiger partial charge in [0.2, 0.25) is 0 Å². The summed E-state index contributed by atoms with van der Waals surface area (Å²) in [5, 5.41) is 0. The molecule has 6 aliphatic rings. The molecule has 6 heterocycles. The molecule has 0 atom stereocenters. The van der Waals surface area contributed by atoms with E-state index in [4.69, 9.17) is 49.4 Å². The first kappa shape index (κ1) is 56.1. The Bertz CT molecular complexity index is 2970. The van der Waals surface area contributed by atoms with Crippen LogP contribution < -0.4 is 0 Å². The summed E-state index contributed by atoms with van der Waals surface area (Å²) in [6.45, 7) is 0. The monoisotopic (exact) mass is 1240 g/mol. The Morgan fingerprint density at radius 3 is 0.333 bits per heavy atom. The van der Waals surface area contributed by atoms with Crippen molar-refractivity contribution in [3.63, 3.8) is 0 Å². The number of hydrogen-bond acceptors (Lipinski definition) is 12. The van der Waals surface area contributed by atoms with E-state index < -0.39 is 70.4 Å². The summed E-state index contributed by atoms with van der Waals surface area (Å²) in [6.07, 6.45) is 15.3. The zero-order valence-electron chi connectivity index (χ0n) is 45.2. The minimum Gasteiger partial charge on any atom is -0.367 e. The highest BCUT2D eigenvalue weighted by molar-refractivity contribution is 7.08. The molecule has 8 aromatic carbocycles. The van der Waals surface area contributed by atoms with E-state index in [1.54, 1.807) is 0 Å². The Morgan fingerprint density at radius 1 is 0.143 bits per heavy atom. The van der Waals surface area contributed by atoms with E-state index in [-0.39, 0.29) is 0 Å². The second-order valence-corrected chi connectivity index (χ2v) is 42.1. The molecule has 0 amide bonds. The summed E-state index contributed by atoms with van der Waals surface area (Å²) in [7, 11) is -38.2. The van der Waals surface area contributed by atoms with Crippen LogP contribution in [0.15, 0.2) is 288 Å². The van der Waals surface area contributed by atoms with Gasteiger partial charge in [-0.1, -0.05) is 291 Å². The van der Waals surface area contributed by atoms with Crippen molar-refractivity contribution in [1.29, 1.82) is 0 Å². The van der Waals surface area contributed by atoms with Crippen LogP contribution in [0.2, 0.25) is 0 Å². The van der Waals surface area contributed by atoms with Crippen LogP contribution in [0.3, 0.4) is 0 Å². The zero-order valence-corrected chi connectivity index (χ0v) is 53.2. The predicted octanol–water partition coefficient (Wildman–Crippen LogP) is 13.8. The molecule has 0 unspecified atom stereocenters. The van der Waals surface area contributed by atoms with Gasteiger partial charge in [-0.05, 0) is 90.1 Å². The third kappa shape index (κ3) is 13.1. The Morgan fingerprint density at radius 2 is 0.238 bits per heavy atom. The van der Waals surface area contributed by atoms with Crippen LogP contribution in [-0.4, -0.2) is 70.4 Å². The normalized spacial score (nSPS) is 30.3. The van der Waals surface area contributed by atoms with E-state index in [0.717, 1.165) is 44.5 Å². The van der Waals surface area contributed by atoms with Crippen molar-refractivity contribution in [2.75, 3.05) is 0 Å². The molecule has 0 N–H and O–H groups in total. The summed E-state index contributed by atoms with van der Waals surface area (Å²) >= 11 is 0. The van der Waals surface area contributed by atoms with Gasteiger partial charge in [0.15, 0.2) is 0 Å². The van der Waals surface area contributed by atoms with E-state index in [0.29, 0.717) is 0 Å². The average Bonchev–Trinajstić information content (AvgIpc) is 0.791. The SMILES string of the molecule is C(=C\[Si]12O[Si]3(/C=C/c4ccccc4)O[Si]4(/C=C/c5ccccc5)O[Si](/C=C/c5ccccc5)(O1)O[Si]1(/C=C/c5ccccc5)O[Si](/C=C/c5ccccc5)(O2)O[Si](/C=C/c2ccccc2)(O3)O[Si](/C=C/c2ccccc2)(O4)O1)/c1ccccc1. The summed E-state index contributed by atoms with van der Waals surface area (Å²) < 4.78 is 96.0. The molecule has 20 heteroatoms. The van der Waals surface area contributed by atoms with Crippen LogP contribution >= 0.6 is 0 Å². The molecule has 6 fully saturated rings. The van der Waals surface area contributed by atoms with Gasteiger partial charge in [0, 0.05) is 0 Å². The highest BCUT2D eigenvalue weighted by Gasteiger charge is 2.82. The fourth-order valence-corrected chi connectivity index (χ4v) is 51.5. The van der Waals surface area contributed by atoms with Crippen molar-refractivity contribution in [1.82, 2.24) is 0 Å². The third-order valence-electron chi connectivity index (χ3n) is 13.7. The molecule has 6 saturated heterocycles. The minimum atomic E-state index is -4.78. The van der Waals surface area contributed by atoms with Crippen LogP contribution in [0.1, 0.15) is 44.5 Å². The van der Waals surface area contributed by atoms with E-state index in [9.17, 15) is 0 Å². The van der Waals surface area contributed by atoms with Crippen LogP contribution in [0, 0.1) is 0 Å². The van der Waals surface area contributed by atoms with Crippen molar-refractivity contribution in [3.8, 4) is 0 Å². The molecule has 12 nitrogen and oxygen atoms in total. The van der Waals surface area contributed by atoms with Crippen LogP contribution in [0.5, 0.6) is 0 Å². The maximum Gasteiger partial charge on any atom is 0.508 e.